The Morgan fingerprint density at radius 2 is 1.47 bits per heavy atom. The van der Waals surface area contributed by atoms with E-state index in [1.54, 1.807) is 13.8 Å². The number of carbonyl (C=O) groups is 2. The van der Waals surface area contributed by atoms with Gasteiger partial charge in [-0.15, -0.1) is 0 Å². The third-order valence-corrected chi connectivity index (χ3v) is 1.88. The van der Waals surface area contributed by atoms with Crippen LogP contribution in [0.1, 0.15) is 20.8 Å². The van der Waals surface area contributed by atoms with Gasteiger partial charge in [0.2, 0.25) is 0 Å². The maximum Gasteiger partial charge on any atom is 0.325 e. The van der Waals surface area contributed by atoms with Crippen LogP contribution in [0.4, 0.5) is 0 Å². The first-order chi connectivity index (χ1) is 7.02. The normalized spacial score (nSPS) is 10.9. The lowest BCUT2D eigenvalue weighted by Crippen LogP contribution is -2.43. The molecule has 0 rings (SSSR count). The van der Waals surface area contributed by atoms with Gasteiger partial charge in [0.25, 0.3) is 0 Å². The van der Waals surface area contributed by atoms with Crippen LogP contribution in [0.5, 0.6) is 0 Å². The van der Waals surface area contributed by atoms with Gasteiger partial charge in [0.1, 0.15) is 0 Å². The third-order valence-electron chi connectivity index (χ3n) is 1.88. The second kappa shape index (κ2) is 6.40. The summed E-state index contributed by atoms with van der Waals surface area (Å²) in [6, 6.07) is 0. The van der Waals surface area contributed by atoms with Gasteiger partial charge in [-0.25, -0.2) is 0 Å². The number of ether oxygens (including phenoxy) is 3. The van der Waals surface area contributed by atoms with Crippen molar-refractivity contribution in [2.45, 2.75) is 20.8 Å². The number of esters is 2. The molecule has 0 aromatic rings. The molecule has 15 heavy (non-hydrogen) atoms. The minimum absolute atomic E-state index is 0.0509. The summed E-state index contributed by atoms with van der Waals surface area (Å²) < 4.78 is 14.5. The number of hydrogen-bond donors (Lipinski definition) is 0. The summed E-state index contributed by atoms with van der Waals surface area (Å²) in [6.07, 6.45) is 0. The molecule has 0 aliphatic rings. The minimum Gasteiger partial charge on any atom is -0.465 e. The highest BCUT2D eigenvalue weighted by molar-refractivity contribution is 5.99. The van der Waals surface area contributed by atoms with Crippen LogP contribution in [-0.2, 0) is 23.8 Å². The first-order valence-corrected chi connectivity index (χ1v) is 4.86. The summed E-state index contributed by atoms with van der Waals surface area (Å²) in [5.74, 6) is -1.24. The lowest BCUT2D eigenvalue weighted by molar-refractivity contribution is -0.174. The fraction of sp³-hybridized carbons (Fsp3) is 0.800. The molecule has 0 aromatic heterocycles. The smallest absolute Gasteiger partial charge is 0.325 e. The van der Waals surface area contributed by atoms with Gasteiger partial charge in [0.15, 0.2) is 5.41 Å². The zero-order valence-electron chi connectivity index (χ0n) is 9.66. The Hall–Kier alpha value is -1.10. The van der Waals surface area contributed by atoms with Crippen molar-refractivity contribution in [3.8, 4) is 0 Å². The number of methoxy groups -OCH3 is 1. The van der Waals surface area contributed by atoms with E-state index < -0.39 is 17.4 Å². The predicted octanol–water partition coefficient (Wildman–Crippen LogP) is 0.765. The van der Waals surface area contributed by atoms with Crippen molar-refractivity contribution in [2.75, 3.05) is 26.9 Å². The van der Waals surface area contributed by atoms with Crippen LogP contribution in [0, 0.1) is 5.41 Å². The Morgan fingerprint density at radius 3 is 1.73 bits per heavy atom. The van der Waals surface area contributed by atoms with E-state index in [2.05, 4.69) is 0 Å². The van der Waals surface area contributed by atoms with Crippen LogP contribution in [0.15, 0.2) is 0 Å². The highest BCUT2D eigenvalue weighted by atomic mass is 16.6. The maximum absolute atomic E-state index is 11.6. The van der Waals surface area contributed by atoms with Gasteiger partial charge in [0, 0.05) is 7.11 Å². The number of rotatable bonds is 6. The summed E-state index contributed by atoms with van der Waals surface area (Å²) in [6.45, 7) is 5.19. The molecule has 0 spiro atoms. The van der Waals surface area contributed by atoms with E-state index in [-0.39, 0.29) is 19.8 Å². The van der Waals surface area contributed by atoms with Gasteiger partial charge in [-0.2, -0.15) is 0 Å². The predicted molar refractivity (Wildman–Crippen MR) is 53.2 cm³/mol. The largest absolute Gasteiger partial charge is 0.465 e. The van der Waals surface area contributed by atoms with E-state index in [9.17, 15) is 9.59 Å². The van der Waals surface area contributed by atoms with Crippen LogP contribution >= 0.6 is 0 Å². The average Bonchev–Trinajstić information content (AvgIpc) is 2.18. The Balaban J connectivity index is 4.70. The molecule has 0 aliphatic heterocycles. The van der Waals surface area contributed by atoms with Crippen LogP contribution in [0.25, 0.3) is 0 Å². The monoisotopic (exact) mass is 218 g/mol. The molecule has 0 saturated heterocycles. The Labute approximate surface area is 89.7 Å². The van der Waals surface area contributed by atoms with E-state index in [1.807, 2.05) is 0 Å². The summed E-state index contributed by atoms with van der Waals surface area (Å²) in [5, 5.41) is 0. The van der Waals surface area contributed by atoms with Crippen molar-refractivity contribution < 1.29 is 23.8 Å². The zero-order chi connectivity index (χ0) is 11.9. The van der Waals surface area contributed by atoms with E-state index in [4.69, 9.17) is 14.2 Å². The van der Waals surface area contributed by atoms with Crippen molar-refractivity contribution in [3.05, 3.63) is 0 Å². The molecular formula is C10H18O5. The summed E-state index contributed by atoms with van der Waals surface area (Å²) in [4.78, 5) is 23.1. The molecule has 5 heteroatoms. The van der Waals surface area contributed by atoms with Crippen molar-refractivity contribution >= 4 is 11.9 Å². The van der Waals surface area contributed by atoms with E-state index >= 15 is 0 Å². The molecular weight excluding hydrogens is 200 g/mol. The number of carbonyl (C=O) groups excluding carboxylic acids is 2. The van der Waals surface area contributed by atoms with Crippen LogP contribution < -0.4 is 0 Å². The molecule has 0 atom stereocenters. The van der Waals surface area contributed by atoms with Crippen molar-refractivity contribution in [3.63, 3.8) is 0 Å². The molecule has 88 valence electrons. The Bertz CT molecular complexity index is 206. The Morgan fingerprint density at radius 1 is 1.07 bits per heavy atom. The zero-order valence-corrected chi connectivity index (χ0v) is 9.66. The summed E-state index contributed by atoms with van der Waals surface area (Å²) in [7, 11) is 1.41. The SMILES string of the molecule is CCOC(=O)C(C)(COC)C(=O)OCC. The molecule has 0 N–H and O–H groups in total. The highest BCUT2D eigenvalue weighted by Gasteiger charge is 2.44. The van der Waals surface area contributed by atoms with Gasteiger partial charge < -0.3 is 14.2 Å². The molecule has 0 aliphatic carbocycles. The van der Waals surface area contributed by atoms with E-state index in [0.717, 1.165) is 0 Å². The van der Waals surface area contributed by atoms with Gasteiger partial charge in [-0.3, -0.25) is 9.59 Å². The first kappa shape index (κ1) is 13.9. The Kier molecular flexibility index (Phi) is 5.93. The topological polar surface area (TPSA) is 61.8 Å². The van der Waals surface area contributed by atoms with Gasteiger partial charge in [0.05, 0.1) is 19.8 Å². The van der Waals surface area contributed by atoms with Crippen LogP contribution in [0.3, 0.4) is 0 Å². The van der Waals surface area contributed by atoms with E-state index in [1.165, 1.54) is 14.0 Å². The van der Waals surface area contributed by atoms with Crippen LogP contribution in [0.2, 0.25) is 0 Å². The average molecular weight is 218 g/mol. The van der Waals surface area contributed by atoms with Crippen molar-refractivity contribution in [2.24, 2.45) is 5.41 Å². The molecule has 0 amide bonds. The van der Waals surface area contributed by atoms with Gasteiger partial charge in [-0.05, 0) is 20.8 Å². The molecule has 0 saturated carbocycles. The molecule has 0 unspecified atom stereocenters. The molecule has 0 bridgehead atoms. The minimum atomic E-state index is -1.37. The van der Waals surface area contributed by atoms with E-state index in [0.29, 0.717) is 0 Å². The van der Waals surface area contributed by atoms with Crippen molar-refractivity contribution in [1.82, 2.24) is 0 Å². The molecule has 0 aromatic carbocycles. The lowest BCUT2D eigenvalue weighted by atomic mass is 9.92. The van der Waals surface area contributed by atoms with Crippen LogP contribution in [-0.4, -0.2) is 38.9 Å². The molecule has 5 nitrogen and oxygen atoms in total. The molecule has 0 fully saturated rings. The molecule has 0 radical (unpaired) electrons. The summed E-state index contributed by atoms with van der Waals surface area (Å²) >= 11 is 0. The standard InChI is InChI=1S/C10H18O5/c1-5-14-8(11)10(3,7-13-4)9(12)15-6-2/h5-7H2,1-4H3. The van der Waals surface area contributed by atoms with Crippen molar-refractivity contribution in [1.29, 1.82) is 0 Å². The fourth-order valence-electron chi connectivity index (χ4n) is 1.07. The fourth-order valence-corrected chi connectivity index (χ4v) is 1.07. The highest BCUT2D eigenvalue weighted by Crippen LogP contribution is 2.21. The summed E-state index contributed by atoms with van der Waals surface area (Å²) in [5.41, 5.74) is -1.37. The quantitative estimate of drug-likeness (QED) is 0.486. The maximum atomic E-state index is 11.6. The second-order valence-corrected chi connectivity index (χ2v) is 3.21. The lowest BCUT2D eigenvalue weighted by Gasteiger charge is -2.23. The second-order valence-electron chi connectivity index (χ2n) is 3.21. The molecule has 0 heterocycles. The van der Waals surface area contributed by atoms with Gasteiger partial charge in [-0.1, -0.05) is 0 Å². The third kappa shape index (κ3) is 3.51. The first-order valence-electron chi connectivity index (χ1n) is 4.86. The van der Waals surface area contributed by atoms with Gasteiger partial charge >= 0.3 is 11.9 Å². The number of hydrogen-bond acceptors (Lipinski definition) is 5.